The van der Waals surface area contributed by atoms with E-state index >= 15 is 0 Å². The maximum atomic E-state index is 13.6. The average molecular weight is 396 g/mol. The van der Waals surface area contributed by atoms with E-state index in [-0.39, 0.29) is 17.1 Å². The van der Waals surface area contributed by atoms with Crippen LogP contribution in [-0.2, 0) is 30.8 Å². The van der Waals surface area contributed by atoms with Crippen LogP contribution in [0.15, 0.2) is 47.4 Å². The Hall–Kier alpha value is -2.98. The smallest absolute Gasteiger partial charge is 0.310 e. The van der Waals surface area contributed by atoms with Crippen LogP contribution >= 0.6 is 0 Å². The van der Waals surface area contributed by atoms with Gasteiger partial charge in [0.05, 0.1) is 18.4 Å². The molecule has 0 aromatic heterocycles. The minimum atomic E-state index is -3.82. The minimum absolute atomic E-state index is 0.0555. The quantitative estimate of drug-likeness (QED) is 0.678. The van der Waals surface area contributed by atoms with Gasteiger partial charge in [-0.3, -0.25) is 9.59 Å². The predicted octanol–water partition coefficient (Wildman–Crippen LogP) is 1.21. The molecule has 2 rings (SSSR count). The van der Waals surface area contributed by atoms with E-state index in [1.807, 2.05) is 0 Å². The Morgan fingerprint density at radius 3 is 2.37 bits per heavy atom. The summed E-state index contributed by atoms with van der Waals surface area (Å²) in [6.07, 6.45) is -0.211. The van der Waals surface area contributed by atoms with Crippen molar-refractivity contribution in [2.45, 2.75) is 11.3 Å². The number of rotatable bonds is 7. The summed E-state index contributed by atoms with van der Waals surface area (Å²) in [5.41, 5.74) is 0.679. The van der Waals surface area contributed by atoms with Gasteiger partial charge in [0.1, 0.15) is 0 Å². The zero-order valence-electron chi connectivity index (χ0n) is 14.3. The third-order valence-corrected chi connectivity index (χ3v) is 4.32. The van der Waals surface area contributed by atoms with Crippen molar-refractivity contribution in [2.24, 2.45) is 5.14 Å². The fraction of sp³-hybridized carbons (Fsp3) is 0.176. The second-order valence-corrected chi connectivity index (χ2v) is 6.99. The zero-order chi connectivity index (χ0) is 20.0. The number of methoxy groups -OCH3 is 1. The number of carbonyl (C=O) groups excluding carboxylic acids is 2. The minimum Gasteiger partial charge on any atom is -0.494 e. The van der Waals surface area contributed by atoms with E-state index in [9.17, 15) is 22.4 Å². The standard InChI is InChI=1S/C17H17FN2O6S/c1-25-15-7-2-11(8-14(15)18)9-17(22)26-10-16(21)20-12-3-5-13(6-4-12)27(19,23)24/h2-8H,9-10H2,1H3,(H,20,21)(H2,19,23,24). The molecule has 0 bridgehead atoms. The lowest BCUT2D eigenvalue weighted by Gasteiger charge is -2.08. The molecule has 0 atom stereocenters. The Balaban J connectivity index is 1.84. The number of nitrogens with one attached hydrogen (secondary N) is 1. The number of ether oxygens (including phenoxy) is 2. The molecule has 2 aromatic carbocycles. The van der Waals surface area contributed by atoms with Gasteiger partial charge in [-0.25, -0.2) is 17.9 Å². The number of anilines is 1. The number of carbonyl (C=O) groups is 2. The maximum Gasteiger partial charge on any atom is 0.310 e. The van der Waals surface area contributed by atoms with Crippen molar-refractivity contribution in [2.75, 3.05) is 19.0 Å². The molecule has 0 spiro atoms. The summed E-state index contributed by atoms with van der Waals surface area (Å²) >= 11 is 0. The number of hydrogen-bond acceptors (Lipinski definition) is 6. The fourth-order valence-corrected chi connectivity index (χ4v) is 2.62. The Morgan fingerprint density at radius 2 is 1.81 bits per heavy atom. The van der Waals surface area contributed by atoms with Crippen molar-refractivity contribution in [1.29, 1.82) is 0 Å². The van der Waals surface area contributed by atoms with Gasteiger partial charge in [-0.15, -0.1) is 0 Å². The highest BCUT2D eigenvalue weighted by Crippen LogP contribution is 2.18. The number of esters is 1. The van der Waals surface area contributed by atoms with Crippen LogP contribution < -0.4 is 15.2 Å². The molecule has 0 radical (unpaired) electrons. The highest BCUT2D eigenvalue weighted by Gasteiger charge is 2.12. The second-order valence-electron chi connectivity index (χ2n) is 5.42. The van der Waals surface area contributed by atoms with Crippen molar-refractivity contribution in [3.8, 4) is 5.75 Å². The molecule has 0 fully saturated rings. The molecule has 0 aliphatic carbocycles. The average Bonchev–Trinajstić information content (AvgIpc) is 2.60. The number of halogens is 1. The van der Waals surface area contributed by atoms with E-state index in [1.165, 1.54) is 43.5 Å². The van der Waals surface area contributed by atoms with Gasteiger partial charge in [0.25, 0.3) is 5.91 Å². The summed E-state index contributed by atoms with van der Waals surface area (Å²) in [5.74, 6) is -1.88. The molecule has 10 heteroatoms. The van der Waals surface area contributed by atoms with Crippen LogP contribution in [0.3, 0.4) is 0 Å². The van der Waals surface area contributed by atoms with E-state index in [0.717, 1.165) is 6.07 Å². The largest absolute Gasteiger partial charge is 0.494 e. The predicted molar refractivity (Wildman–Crippen MR) is 94.1 cm³/mol. The Labute approximate surface area is 155 Å². The number of sulfonamides is 1. The van der Waals surface area contributed by atoms with Crippen LogP contribution in [0.25, 0.3) is 0 Å². The molecule has 3 N–H and O–H groups in total. The summed E-state index contributed by atoms with van der Waals surface area (Å²) in [6.45, 7) is -0.547. The van der Waals surface area contributed by atoms with Crippen molar-refractivity contribution in [3.05, 3.63) is 53.8 Å². The Kier molecular flexibility index (Phi) is 6.48. The molecule has 2 aromatic rings. The van der Waals surface area contributed by atoms with E-state index in [4.69, 9.17) is 14.6 Å². The lowest BCUT2D eigenvalue weighted by molar-refractivity contribution is -0.146. The normalized spacial score (nSPS) is 10.9. The van der Waals surface area contributed by atoms with Crippen molar-refractivity contribution >= 4 is 27.6 Å². The van der Waals surface area contributed by atoms with Gasteiger partial charge in [0, 0.05) is 5.69 Å². The summed E-state index contributed by atoms with van der Waals surface area (Å²) in [6, 6.07) is 9.20. The molecule has 0 unspecified atom stereocenters. The topological polar surface area (TPSA) is 125 Å². The highest BCUT2D eigenvalue weighted by molar-refractivity contribution is 7.89. The van der Waals surface area contributed by atoms with Crippen molar-refractivity contribution in [1.82, 2.24) is 0 Å². The van der Waals surface area contributed by atoms with Crippen LogP contribution in [0.4, 0.5) is 10.1 Å². The van der Waals surface area contributed by atoms with Crippen LogP contribution in [0.1, 0.15) is 5.56 Å². The maximum absolute atomic E-state index is 13.6. The van der Waals surface area contributed by atoms with Gasteiger partial charge in [-0.1, -0.05) is 6.07 Å². The van der Waals surface area contributed by atoms with Crippen LogP contribution in [-0.4, -0.2) is 34.0 Å². The van der Waals surface area contributed by atoms with Crippen molar-refractivity contribution < 1.29 is 31.9 Å². The lowest BCUT2D eigenvalue weighted by atomic mass is 10.1. The van der Waals surface area contributed by atoms with E-state index in [2.05, 4.69) is 5.32 Å². The summed E-state index contributed by atoms with van der Waals surface area (Å²) in [7, 11) is -2.50. The number of hydrogen-bond donors (Lipinski definition) is 2. The Morgan fingerprint density at radius 1 is 1.15 bits per heavy atom. The summed E-state index contributed by atoms with van der Waals surface area (Å²) < 4.78 is 45.5. The van der Waals surface area contributed by atoms with Gasteiger partial charge >= 0.3 is 5.97 Å². The molecule has 0 aliphatic heterocycles. The Bertz CT molecular complexity index is 944. The van der Waals surface area contributed by atoms with Gasteiger partial charge in [0.15, 0.2) is 18.2 Å². The molecule has 0 heterocycles. The zero-order valence-corrected chi connectivity index (χ0v) is 15.1. The summed E-state index contributed by atoms with van der Waals surface area (Å²) in [5, 5.41) is 7.41. The lowest BCUT2D eigenvalue weighted by Crippen LogP contribution is -2.21. The molecule has 144 valence electrons. The van der Waals surface area contributed by atoms with E-state index in [0.29, 0.717) is 11.3 Å². The SMILES string of the molecule is COc1ccc(CC(=O)OCC(=O)Nc2ccc(S(N)(=O)=O)cc2)cc1F. The monoisotopic (exact) mass is 396 g/mol. The van der Waals surface area contributed by atoms with Gasteiger partial charge in [-0.2, -0.15) is 0 Å². The van der Waals surface area contributed by atoms with Crippen molar-refractivity contribution in [3.63, 3.8) is 0 Å². The number of primary sulfonamides is 1. The van der Waals surface area contributed by atoms with Gasteiger partial charge in [0.2, 0.25) is 10.0 Å². The highest BCUT2D eigenvalue weighted by atomic mass is 32.2. The molecule has 0 saturated heterocycles. The first-order chi connectivity index (χ1) is 12.7. The number of nitrogens with two attached hydrogens (primary N) is 1. The molecule has 0 saturated carbocycles. The molecular formula is C17H17FN2O6S. The number of benzene rings is 2. The first-order valence-corrected chi connectivity index (χ1v) is 9.14. The third kappa shape index (κ3) is 6.04. The number of amides is 1. The first kappa shape index (κ1) is 20.3. The van der Waals surface area contributed by atoms with Crippen LogP contribution in [0.2, 0.25) is 0 Å². The van der Waals surface area contributed by atoms with Crippen LogP contribution in [0.5, 0.6) is 5.75 Å². The van der Waals surface area contributed by atoms with Gasteiger partial charge < -0.3 is 14.8 Å². The molecular weight excluding hydrogens is 379 g/mol. The summed E-state index contributed by atoms with van der Waals surface area (Å²) in [4.78, 5) is 23.4. The van der Waals surface area contributed by atoms with E-state index in [1.54, 1.807) is 0 Å². The van der Waals surface area contributed by atoms with E-state index < -0.39 is 34.3 Å². The third-order valence-electron chi connectivity index (χ3n) is 3.40. The molecule has 27 heavy (non-hydrogen) atoms. The first-order valence-electron chi connectivity index (χ1n) is 7.60. The molecule has 0 aliphatic rings. The fourth-order valence-electron chi connectivity index (χ4n) is 2.11. The molecule has 1 amide bonds. The second kappa shape index (κ2) is 8.60. The molecule has 8 nitrogen and oxygen atoms in total. The van der Waals surface area contributed by atoms with Crippen LogP contribution in [0, 0.1) is 5.82 Å². The van der Waals surface area contributed by atoms with Gasteiger partial charge in [-0.05, 0) is 42.0 Å².